The third-order valence-corrected chi connectivity index (χ3v) is 5.16. The number of rotatable bonds is 11. The van der Waals surface area contributed by atoms with Crippen LogP contribution in [0, 0.1) is 0 Å². The fourth-order valence-electron chi connectivity index (χ4n) is 2.94. The van der Waals surface area contributed by atoms with Crippen molar-refractivity contribution in [3.8, 4) is 0 Å². The topological polar surface area (TPSA) is 12.9 Å². The van der Waals surface area contributed by atoms with Crippen LogP contribution in [0.15, 0.2) is 23.7 Å². The third-order valence-electron chi connectivity index (χ3n) is 4.24. The van der Waals surface area contributed by atoms with Gasteiger partial charge in [0.05, 0.1) is 15.7 Å². The summed E-state index contributed by atoms with van der Waals surface area (Å²) in [5.74, 6) is 0. The number of aryl methyl sites for hydroxylation is 1. The lowest BCUT2D eigenvalue weighted by Gasteiger charge is -2.04. The van der Waals surface area contributed by atoms with Crippen LogP contribution < -0.4 is 0 Å². The molecule has 1 nitrogen and oxygen atoms in total. The zero-order chi connectivity index (χ0) is 14.8. The van der Waals surface area contributed by atoms with Gasteiger partial charge in [-0.2, -0.15) is 0 Å². The van der Waals surface area contributed by atoms with Gasteiger partial charge in [0.25, 0.3) is 0 Å². The molecule has 0 radical (unpaired) electrons. The summed E-state index contributed by atoms with van der Waals surface area (Å²) in [5, 5.41) is 0. The first-order chi connectivity index (χ1) is 10.4. The highest BCUT2D eigenvalue weighted by Gasteiger charge is 2.02. The molecule has 0 bridgehead atoms. The molecule has 0 N–H and O–H groups in total. The maximum atomic E-state index is 4.40. The highest BCUT2D eigenvalue weighted by atomic mass is 32.1. The zero-order valence-corrected chi connectivity index (χ0v) is 14.3. The second kappa shape index (κ2) is 9.94. The summed E-state index contributed by atoms with van der Waals surface area (Å²) in [6, 6.07) is 6.54. The van der Waals surface area contributed by atoms with Crippen molar-refractivity contribution >= 4 is 21.6 Å². The normalized spacial score (nSPS) is 11.3. The lowest BCUT2D eigenvalue weighted by molar-refractivity contribution is 0.556. The molecule has 1 aromatic carbocycles. The predicted octanol–water partition coefficient (Wildman–Crippen LogP) is 6.76. The Hall–Kier alpha value is -0.890. The van der Waals surface area contributed by atoms with Crippen molar-refractivity contribution in [1.29, 1.82) is 0 Å². The lowest BCUT2D eigenvalue weighted by atomic mass is 10.0. The van der Waals surface area contributed by atoms with E-state index in [0.29, 0.717) is 0 Å². The van der Waals surface area contributed by atoms with Crippen LogP contribution in [0.4, 0.5) is 0 Å². The Bertz CT molecular complexity index is 503. The number of thiazole rings is 1. The predicted molar refractivity (Wildman–Crippen MR) is 95.2 cm³/mol. The van der Waals surface area contributed by atoms with Crippen LogP contribution in [0.5, 0.6) is 0 Å². The summed E-state index contributed by atoms with van der Waals surface area (Å²) in [6.07, 6.45) is 15.3. The second-order valence-corrected chi connectivity index (χ2v) is 6.90. The van der Waals surface area contributed by atoms with E-state index in [0.717, 1.165) is 0 Å². The fourth-order valence-corrected chi connectivity index (χ4v) is 3.78. The van der Waals surface area contributed by atoms with E-state index in [-0.39, 0.29) is 0 Å². The van der Waals surface area contributed by atoms with Crippen molar-refractivity contribution in [3.05, 3.63) is 29.3 Å². The Morgan fingerprint density at radius 1 is 0.857 bits per heavy atom. The van der Waals surface area contributed by atoms with Crippen LogP contribution in [0.2, 0.25) is 0 Å². The van der Waals surface area contributed by atoms with E-state index < -0.39 is 0 Å². The molecule has 0 aliphatic carbocycles. The minimum absolute atomic E-state index is 1.17. The van der Waals surface area contributed by atoms with Crippen molar-refractivity contribution in [3.63, 3.8) is 0 Å². The van der Waals surface area contributed by atoms with Crippen LogP contribution in [-0.2, 0) is 6.42 Å². The molecule has 1 aromatic heterocycles. The highest BCUT2D eigenvalue weighted by molar-refractivity contribution is 7.16. The van der Waals surface area contributed by atoms with Gasteiger partial charge < -0.3 is 0 Å². The Morgan fingerprint density at radius 2 is 1.52 bits per heavy atom. The van der Waals surface area contributed by atoms with E-state index in [1.165, 1.54) is 86.4 Å². The van der Waals surface area contributed by atoms with Crippen molar-refractivity contribution < 1.29 is 0 Å². The highest BCUT2D eigenvalue weighted by Crippen LogP contribution is 2.23. The molecule has 0 unspecified atom stereocenters. The molecule has 21 heavy (non-hydrogen) atoms. The van der Waals surface area contributed by atoms with Gasteiger partial charge in [-0.15, -0.1) is 11.3 Å². The molecule has 1 heterocycles. The summed E-state index contributed by atoms with van der Waals surface area (Å²) in [4.78, 5) is 4.40. The Kier molecular flexibility index (Phi) is 7.80. The number of hydrogen-bond acceptors (Lipinski definition) is 2. The van der Waals surface area contributed by atoms with Gasteiger partial charge >= 0.3 is 0 Å². The minimum atomic E-state index is 1.17. The van der Waals surface area contributed by atoms with Crippen LogP contribution >= 0.6 is 11.3 Å². The van der Waals surface area contributed by atoms with Crippen molar-refractivity contribution in [2.45, 2.75) is 77.6 Å². The first-order valence-electron chi connectivity index (χ1n) is 8.73. The number of fused-ring (bicyclic) bond motifs is 1. The summed E-state index contributed by atoms with van der Waals surface area (Å²) >= 11 is 1.78. The third kappa shape index (κ3) is 5.78. The molecular weight excluding hydrogens is 274 g/mol. The molecule has 0 aliphatic heterocycles. The van der Waals surface area contributed by atoms with E-state index in [9.17, 15) is 0 Å². The van der Waals surface area contributed by atoms with Crippen LogP contribution in [0.25, 0.3) is 10.2 Å². The van der Waals surface area contributed by atoms with Crippen LogP contribution in [-0.4, -0.2) is 4.98 Å². The van der Waals surface area contributed by atoms with Gasteiger partial charge in [0.15, 0.2) is 0 Å². The largest absolute Gasteiger partial charge is 0.245 e. The van der Waals surface area contributed by atoms with Crippen molar-refractivity contribution in [1.82, 2.24) is 4.98 Å². The van der Waals surface area contributed by atoms with E-state index in [1.54, 1.807) is 11.3 Å². The number of hydrogen-bond donors (Lipinski definition) is 0. The van der Waals surface area contributed by atoms with Gasteiger partial charge in [0.2, 0.25) is 0 Å². The Morgan fingerprint density at radius 3 is 2.24 bits per heavy atom. The van der Waals surface area contributed by atoms with Crippen LogP contribution in [0.3, 0.4) is 0 Å². The Balaban J connectivity index is 1.53. The number of aromatic nitrogens is 1. The van der Waals surface area contributed by atoms with Gasteiger partial charge in [-0.25, -0.2) is 4.98 Å². The molecule has 2 aromatic rings. The summed E-state index contributed by atoms with van der Waals surface area (Å²) in [6.45, 7) is 2.28. The molecule has 0 saturated heterocycles. The quantitative estimate of drug-likeness (QED) is 0.418. The summed E-state index contributed by atoms with van der Waals surface area (Å²) in [7, 11) is 0. The molecule has 2 heteroatoms. The number of benzene rings is 1. The maximum Gasteiger partial charge on any atom is 0.0814 e. The van der Waals surface area contributed by atoms with Crippen molar-refractivity contribution in [2.24, 2.45) is 0 Å². The number of unbranched alkanes of at least 4 members (excludes halogenated alkanes) is 9. The molecule has 0 saturated carbocycles. The van der Waals surface area contributed by atoms with E-state index >= 15 is 0 Å². The van der Waals surface area contributed by atoms with Gasteiger partial charge in [0.1, 0.15) is 0 Å². The monoisotopic (exact) mass is 303 g/mol. The smallest absolute Gasteiger partial charge is 0.0814 e. The minimum Gasteiger partial charge on any atom is -0.245 e. The van der Waals surface area contributed by atoms with Gasteiger partial charge in [-0.05, 0) is 24.5 Å². The van der Waals surface area contributed by atoms with Crippen molar-refractivity contribution in [2.75, 3.05) is 0 Å². The second-order valence-electron chi connectivity index (χ2n) is 6.05. The van der Waals surface area contributed by atoms with E-state index in [1.807, 2.05) is 5.51 Å². The first-order valence-corrected chi connectivity index (χ1v) is 9.61. The molecule has 116 valence electrons. The molecule has 0 fully saturated rings. The average molecular weight is 304 g/mol. The van der Waals surface area contributed by atoms with Gasteiger partial charge in [-0.3, -0.25) is 0 Å². The van der Waals surface area contributed by atoms with E-state index in [4.69, 9.17) is 0 Å². The zero-order valence-electron chi connectivity index (χ0n) is 13.4. The molecule has 0 atom stereocenters. The van der Waals surface area contributed by atoms with Gasteiger partial charge in [0, 0.05) is 0 Å². The SMILES string of the molecule is CCCCCCCCCCCCc1cccc2ncsc12. The summed E-state index contributed by atoms with van der Waals surface area (Å²) < 4.78 is 1.40. The number of nitrogens with zero attached hydrogens (tertiary/aromatic N) is 1. The standard InChI is InChI=1S/C19H29NS/c1-2-3-4-5-6-7-8-9-10-11-13-17-14-12-15-18-19(17)21-16-20-18/h12,14-16H,2-11,13H2,1H3. The molecular formula is C19H29NS. The summed E-state index contributed by atoms with van der Waals surface area (Å²) in [5.41, 5.74) is 4.63. The molecule has 0 amide bonds. The maximum absolute atomic E-state index is 4.40. The van der Waals surface area contributed by atoms with Crippen LogP contribution in [0.1, 0.15) is 76.7 Å². The molecule has 2 rings (SSSR count). The molecule has 0 spiro atoms. The first kappa shape index (κ1) is 16.5. The Labute approximate surface area is 133 Å². The fraction of sp³-hybridized carbons (Fsp3) is 0.632. The molecule has 0 aliphatic rings. The lowest BCUT2D eigenvalue weighted by Crippen LogP contribution is -1.87. The average Bonchev–Trinajstić information content (AvgIpc) is 2.98. The van der Waals surface area contributed by atoms with Gasteiger partial charge in [-0.1, -0.05) is 76.8 Å². The van der Waals surface area contributed by atoms with E-state index in [2.05, 4.69) is 30.1 Å².